The van der Waals surface area contributed by atoms with E-state index in [1.54, 1.807) is 0 Å². The van der Waals surface area contributed by atoms with Crippen LogP contribution in [0.3, 0.4) is 0 Å². The summed E-state index contributed by atoms with van der Waals surface area (Å²) >= 11 is 0. The molecule has 0 aromatic rings. The first-order valence-electron chi connectivity index (χ1n) is 4.26. The molecule has 0 fully saturated rings. The van der Waals surface area contributed by atoms with Crippen molar-refractivity contribution in [1.82, 2.24) is 10.5 Å². The summed E-state index contributed by atoms with van der Waals surface area (Å²) in [5, 5.41) is 40.6. The normalized spacial score (nSPS) is 15.4. The van der Waals surface area contributed by atoms with Gasteiger partial charge in [0, 0.05) is 0 Å². The monoisotopic (exact) mass is 262 g/mol. The molecule has 0 heterocycles. The molecule has 9 nitrogen and oxygen atoms in total. The van der Waals surface area contributed by atoms with Crippen molar-refractivity contribution in [3.05, 3.63) is 0 Å². The molecule has 0 amide bonds. The van der Waals surface area contributed by atoms with Crippen LogP contribution >= 0.6 is 0 Å². The molecule has 0 aliphatic rings. The van der Waals surface area contributed by atoms with Crippen molar-refractivity contribution in [1.29, 1.82) is 0 Å². The minimum absolute atomic E-state index is 0.334. The molecule has 0 radical (unpaired) electrons. The highest BCUT2D eigenvalue weighted by Crippen LogP contribution is 2.28. The standard InChI is InChI=1S/C6H12F2N2O7/c7-4(8)6(10(14)15,5(11)17-16)2-1-3-9(12)13/h4,12-16H,1-3H2. The van der Waals surface area contributed by atoms with E-state index in [4.69, 9.17) is 26.1 Å². The molecule has 0 aliphatic carbocycles. The van der Waals surface area contributed by atoms with E-state index in [0.717, 1.165) is 0 Å². The highest BCUT2D eigenvalue weighted by Gasteiger charge is 2.54. The van der Waals surface area contributed by atoms with Gasteiger partial charge in [-0.25, -0.2) is 13.6 Å². The quantitative estimate of drug-likeness (QED) is 0.316. The maximum absolute atomic E-state index is 12.7. The van der Waals surface area contributed by atoms with Crippen LogP contribution in [-0.2, 0) is 9.68 Å². The van der Waals surface area contributed by atoms with Crippen molar-refractivity contribution in [3.63, 3.8) is 0 Å². The topological polar surface area (TPSA) is 134 Å². The Bertz CT molecular complexity index is 243. The second kappa shape index (κ2) is 6.70. The summed E-state index contributed by atoms with van der Waals surface area (Å²) < 4.78 is 25.3. The number of carbonyl (C=O) groups is 1. The van der Waals surface area contributed by atoms with E-state index < -0.39 is 42.5 Å². The lowest BCUT2D eigenvalue weighted by atomic mass is 9.94. The van der Waals surface area contributed by atoms with Gasteiger partial charge in [-0.1, -0.05) is 5.23 Å². The van der Waals surface area contributed by atoms with E-state index in [-0.39, 0.29) is 5.23 Å². The van der Waals surface area contributed by atoms with E-state index in [1.165, 1.54) is 0 Å². The number of hydrogen-bond donors (Lipinski definition) is 5. The van der Waals surface area contributed by atoms with Gasteiger partial charge in [0.2, 0.25) is 5.54 Å². The fourth-order valence-corrected chi connectivity index (χ4v) is 1.14. The summed E-state index contributed by atoms with van der Waals surface area (Å²) in [6.45, 7) is -0.541. The fourth-order valence-electron chi connectivity index (χ4n) is 1.14. The molecule has 5 N–H and O–H groups in total. The Morgan fingerprint density at radius 1 is 1.29 bits per heavy atom. The van der Waals surface area contributed by atoms with Gasteiger partial charge in [-0.15, -0.1) is 0 Å². The summed E-state index contributed by atoms with van der Waals surface area (Å²) in [7, 11) is 0. The van der Waals surface area contributed by atoms with Crippen LogP contribution < -0.4 is 0 Å². The molecule has 17 heavy (non-hydrogen) atoms. The zero-order valence-electron chi connectivity index (χ0n) is 8.40. The van der Waals surface area contributed by atoms with E-state index in [2.05, 4.69) is 4.89 Å². The molecular formula is C6H12F2N2O7. The molecule has 0 aromatic heterocycles. The Hall–Kier alpha value is -0.950. The van der Waals surface area contributed by atoms with Crippen LogP contribution in [0, 0.1) is 0 Å². The van der Waals surface area contributed by atoms with Crippen molar-refractivity contribution in [2.24, 2.45) is 0 Å². The molecule has 0 bridgehead atoms. The number of hydrogen-bond acceptors (Lipinski definition) is 9. The Morgan fingerprint density at radius 3 is 2.12 bits per heavy atom. The molecule has 102 valence electrons. The molecule has 0 rings (SSSR count). The Labute approximate surface area is 93.4 Å². The SMILES string of the molecule is O=C(OO)C(CCCN(O)O)(C(F)F)N(O)O. The van der Waals surface area contributed by atoms with Crippen LogP contribution in [0.2, 0.25) is 0 Å². The fraction of sp³-hybridized carbons (Fsp3) is 0.833. The predicted octanol–water partition coefficient (Wildman–Crippen LogP) is -0.0525. The first-order valence-corrected chi connectivity index (χ1v) is 4.26. The van der Waals surface area contributed by atoms with Gasteiger partial charge in [0.25, 0.3) is 6.43 Å². The smallest absolute Gasteiger partial charge is 0.298 e. The second-order valence-electron chi connectivity index (χ2n) is 3.09. The number of carbonyl (C=O) groups excluding carboxylic acids is 1. The molecule has 0 aliphatic heterocycles. The van der Waals surface area contributed by atoms with E-state index in [0.29, 0.717) is 0 Å². The molecule has 1 unspecified atom stereocenters. The zero-order chi connectivity index (χ0) is 13.6. The third-order valence-electron chi connectivity index (χ3n) is 2.07. The minimum Gasteiger partial charge on any atom is -0.298 e. The Kier molecular flexibility index (Phi) is 6.33. The van der Waals surface area contributed by atoms with Crippen LogP contribution in [0.25, 0.3) is 0 Å². The molecular weight excluding hydrogens is 250 g/mol. The number of alkyl halides is 2. The summed E-state index contributed by atoms with van der Waals surface area (Å²) in [4.78, 5) is 14.0. The van der Waals surface area contributed by atoms with Gasteiger partial charge in [-0.05, 0) is 18.1 Å². The van der Waals surface area contributed by atoms with Gasteiger partial charge in [-0.2, -0.15) is 5.26 Å². The van der Waals surface area contributed by atoms with Gasteiger partial charge in [0.1, 0.15) is 0 Å². The summed E-state index contributed by atoms with van der Waals surface area (Å²) in [6.07, 6.45) is -4.93. The van der Waals surface area contributed by atoms with E-state index in [1.807, 2.05) is 0 Å². The highest BCUT2D eigenvalue weighted by atomic mass is 19.3. The number of rotatable bonds is 7. The van der Waals surface area contributed by atoms with Gasteiger partial charge < -0.3 is 0 Å². The van der Waals surface area contributed by atoms with E-state index in [9.17, 15) is 13.6 Å². The van der Waals surface area contributed by atoms with Crippen LogP contribution in [0.15, 0.2) is 0 Å². The lowest BCUT2D eigenvalue weighted by Crippen LogP contribution is -2.58. The largest absolute Gasteiger partial charge is 0.372 e. The van der Waals surface area contributed by atoms with Gasteiger partial charge in [-0.3, -0.25) is 25.7 Å². The van der Waals surface area contributed by atoms with Crippen molar-refractivity contribution in [2.75, 3.05) is 6.54 Å². The summed E-state index contributed by atoms with van der Waals surface area (Å²) in [6, 6.07) is 0. The van der Waals surface area contributed by atoms with E-state index >= 15 is 0 Å². The summed E-state index contributed by atoms with van der Waals surface area (Å²) in [5.74, 6) is -1.99. The van der Waals surface area contributed by atoms with Crippen LogP contribution in [0.1, 0.15) is 12.8 Å². The highest BCUT2D eigenvalue weighted by molar-refractivity contribution is 5.80. The maximum atomic E-state index is 12.7. The minimum atomic E-state index is -3.59. The van der Waals surface area contributed by atoms with Crippen LogP contribution in [0.4, 0.5) is 8.78 Å². The first kappa shape index (κ1) is 16.1. The molecule has 0 saturated carbocycles. The lowest BCUT2D eigenvalue weighted by molar-refractivity contribution is -0.385. The van der Waals surface area contributed by atoms with Crippen LogP contribution in [0.5, 0.6) is 0 Å². The van der Waals surface area contributed by atoms with Gasteiger partial charge in [0.05, 0.1) is 6.54 Å². The second-order valence-corrected chi connectivity index (χ2v) is 3.09. The van der Waals surface area contributed by atoms with Crippen molar-refractivity contribution >= 4 is 5.97 Å². The predicted molar refractivity (Wildman–Crippen MR) is 42.4 cm³/mol. The number of hydroxylamine groups is 4. The first-order chi connectivity index (χ1) is 7.78. The van der Waals surface area contributed by atoms with Crippen molar-refractivity contribution < 1.29 is 44.5 Å². The third-order valence-corrected chi connectivity index (χ3v) is 2.07. The number of halogens is 2. The van der Waals surface area contributed by atoms with Crippen LogP contribution in [-0.4, -0.2) is 61.0 Å². The van der Waals surface area contributed by atoms with Crippen molar-refractivity contribution in [3.8, 4) is 0 Å². The van der Waals surface area contributed by atoms with Gasteiger partial charge in [0.15, 0.2) is 0 Å². The van der Waals surface area contributed by atoms with Crippen molar-refractivity contribution in [2.45, 2.75) is 24.8 Å². The number of nitrogens with zero attached hydrogens (tertiary/aromatic N) is 2. The third kappa shape index (κ3) is 3.78. The molecule has 0 saturated heterocycles. The zero-order valence-corrected chi connectivity index (χ0v) is 8.40. The molecule has 1 atom stereocenters. The van der Waals surface area contributed by atoms with Gasteiger partial charge >= 0.3 is 5.97 Å². The summed E-state index contributed by atoms with van der Waals surface area (Å²) in [5.41, 5.74) is -3.20. The lowest BCUT2D eigenvalue weighted by Gasteiger charge is -2.31. The molecule has 0 aromatic carbocycles. The Balaban J connectivity index is 4.87. The Morgan fingerprint density at radius 2 is 1.82 bits per heavy atom. The average Bonchev–Trinajstić information content (AvgIpc) is 2.21. The average molecular weight is 262 g/mol. The maximum Gasteiger partial charge on any atom is 0.372 e. The molecule has 0 spiro atoms. The molecule has 11 heteroatoms.